The fraction of sp³-hybridized carbons (Fsp3) is 0.833. The maximum Gasteiger partial charge on any atom is 0.303 e. The van der Waals surface area contributed by atoms with E-state index in [-0.39, 0.29) is 12.8 Å². The first-order valence-corrected chi connectivity index (χ1v) is 5.96. The molecule has 0 aliphatic rings. The number of hydrogen-bond donors (Lipinski definition) is 2. The van der Waals surface area contributed by atoms with Gasteiger partial charge in [0.25, 0.3) is 0 Å². The molecular weight excluding hydrogens is 208 g/mol. The molecular formula is C12H22O4. The van der Waals surface area contributed by atoms with Gasteiger partial charge in [-0.3, -0.25) is 9.59 Å². The van der Waals surface area contributed by atoms with Crippen molar-refractivity contribution < 1.29 is 19.8 Å². The van der Waals surface area contributed by atoms with Crippen LogP contribution >= 0.6 is 0 Å². The van der Waals surface area contributed by atoms with Crippen molar-refractivity contribution in [1.29, 1.82) is 0 Å². The standard InChI is InChI=1S/C12H22O4/c1-10(6-2-4-8-11(13)14)7-3-5-9-12(15)16/h10H,2-9H2,1H3,(H,13,14)(H,15,16). The highest BCUT2D eigenvalue weighted by Crippen LogP contribution is 2.16. The minimum Gasteiger partial charge on any atom is -0.481 e. The van der Waals surface area contributed by atoms with Crippen molar-refractivity contribution in [2.75, 3.05) is 0 Å². The second-order valence-corrected chi connectivity index (χ2v) is 4.38. The van der Waals surface area contributed by atoms with E-state index in [1.54, 1.807) is 0 Å². The van der Waals surface area contributed by atoms with Crippen LogP contribution in [0.25, 0.3) is 0 Å². The van der Waals surface area contributed by atoms with Crippen LogP contribution in [0.4, 0.5) is 0 Å². The van der Waals surface area contributed by atoms with Gasteiger partial charge in [-0.15, -0.1) is 0 Å². The van der Waals surface area contributed by atoms with Gasteiger partial charge in [0.1, 0.15) is 0 Å². The average molecular weight is 230 g/mol. The van der Waals surface area contributed by atoms with Crippen LogP contribution in [0, 0.1) is 5.92 Å². The number of carboxylic acids is 2. The minimum absolute atomic E-state index is 0.256. The van der Waals surface area contributed by atoms with Crippen LogP contribution in [0.3, 0.4) is 0 Å². The first kappa shape index (κ1) is 14.9. The third kappa shape index (κ3) is 11.0. The van der Waals surface area contributed by atoms with Crippen molar-refractivity contribution in [1.82, 2.24) is 0 Å². The molecule has 0 rings (SSSR count). The van der Waals surface area contributed by atoms with Crippen molar-refractivity contribution in [3.05, 3.63) is 0 Å². The van der Waals surface area contributed by atoms with E-state index in [4.69, 9.17) is 10.2 Å². The van der Waals surface area contributed by atoms with E-state index in [1.807, 2.05) is 0 Å². The molecule has 16 heavy (non-hydrogen) atoms. The highest BCUT2D eigenvalue weighted by Gasteiger charge is 2.04. The lowest BCUT2D eigenvalue weighted by Gasteiger charge is -2.09. The van der Waals surface area contributed by atoms with E-state index in [0.29, 0.717) is 5.92 Å². The Labute approximate surface area is 96.7 Å². The van der Waals surface area contributed by atoms with Crippen LogP contribution in [0.15, 0.2) is 0 Å². The SMILES string of the molecule is CC(CCCCC(=O)O)CCCCC(=O)O. The number of carbonyl (C=O) groups is 2. The molecule has 0 fully saturated rings. The number of unbranched alkanes of at least 4 members (excludes halogenated alkanes) is 2. The zero-order valence-electron chi connectivity index (χ0n) is 9.95. The monoisotopic (exact) mass is 230 g/mol. The van der Waals surface area contributed by atoms with Crippen LogP contribution in [-0.4, -0.2) is 22.2 Å². The topological polar surface area (TPSA) is 74.6 Å². The largest absolute Gasteiger partial charge is 0.481 e. The Bertz CT molecular complexity index is 191. The maximum absolute atomic E-state index is 10.3. The highest BCUT2D eigenvalue weighted by atomic mass is 16.4. The predicted octanol–water partition coefficient (Wildman–Crippen LogP) is 2.91. The summed E-state index contributed by atoms with van der Waals surface area (Å²) in [6.45, 7) is 2.14. The summed E-state index contributed by atoms with van der Waals surface area (Å²) in [5.74, 6) is -0.884. The summed E-state index contributed by atoms with van der Waals surface area (Å²) in [7, 11) is 0. The van der Waals surface area contributed by atoms with E-state index in [9.17, 15) is 9.59 Å². The smallest absolute Gasteiger partial charge is 0.303 e. The van der Waals surface area contributed by atoms with Gasteiger partial charge in [0.05, 0.1) is 0 Å². The first-order valence-electron chi connectivity index (χ1n) is 5.96. The zero-order chi connectivity index (χ0) is 12.4. The third-order valence-corrected chi connectivity index (χ3v) is 2.68. The van der Waals surface area contributed by atoms with Crippen molar-refractivity contribution in [3.8, 4) is 0 Å². The van der Waals surface area contributed by atoms with Crippen LogP contribution in [0.2, 0.25) is 0 Å². The van der Waals surface area contributed by atoms with Crippen molar-refractivity contribution in [3.63, 3.8) is 0 Å². The van der Waals surface area contributed by atoms with Crippen LogP contribution in [0.1, 0.15) is 58.3 Å². The van der Waals surface area contributed by atoms with Crippen molar-refractivity contribution >= 4 is 11.9 Å². The van der Waals surface area contributed by atoms with Crippen LogP contribution in [-0.2, 0) is 9.59 Å². The Morgan fingerprint density at radius 2 is 1.25 bits per heavy atom. The molecule has 0 aliphatic carbocycles. The van der Waals surface area contributed by atoms with Gasteiger partial charge in [-0.2, -0.15) is 0 Å². The van der Waals surface area contributed by atoms with Gasteiger partial charge in [-0.1, -0.05) is 32.6 Å². The van der Waals surface area contributed by atoms with E-state index in [0.717, 1.165) is 38.5 Å². The molecule has 0 aliphatic heterocycles. The van der Waals surface area contributed by atoms with E-state index >= 15 is 0 Å². The Kier molecular flexibility index (Phi) is 8.58. The Balaban J connectivity index is 3.27. The summed E-state index contributed by atoms with van der Waals surface area (Å²) in [5.41, 5.74) is 0. The van der Waals surface area contributed by atoms with Gasteiger partial charge in [0.15, 0.2) is 0 Å². The van der Waals surface area contributed by atoms with Gasteiger partial charge >= 0.3 is 11.9 Å². The first-order chi connectivity index (χ1) is 7.52. The molecule has 0 saturated carbocycles. The lowest BCUT2D eigenvalue weighted by Crippen LogP contribution is -1.99. The zero-order valence-corrected chi connectivity index (χ0v) is 9.95. The molecule has 0 aromatic heterocycles. The van der Waals surface area contributed by atoms with Crippen molar-refractivity contribution in [2.45, 2.75) is 58.3 Å². The lowest BCUT2D eigenvalue weighted by molar-refractivity contribution is -0.138. The number of hydrogen-bond acceptors (Lipinski definition) is 2. The lowest BCUT2D eigenvalue weighted by atomic mass is 9.97. The van der Waals surface area contributed by atoms with E-state index in [2.05, 4.69) is 6.92 Å². The summed E-state index contributed by atoms with van der Waals surface area (Å²) < 4.78 is 0. The number of aliphatic carboxylic acids is 2. The molecule has 0 amide bonds. The fourth-order valence-corrected chi connectivity index (χ4v) is 1.68. The highest BCUT2D eigenvalue weighted by molar-refractivity contribution is 5.66. The summed E-state index contributed by atoms with van der Waals surface area (Å²) in [6.07, 6.45) is 5.99. The normalized spacial score (nSPS) is 10.6. The molecule has 4 nitrogen and oxygen atoms in total. The van der Waals surface area contributed by atoms with Gasteiger partial charge in [-0.25, -0.2) is 0 Å². The van der Waals surface area contributed by atoms with Gasteiger partial charge in [0.2, 0.25) is 0 Å². The van der Waals surface area contributed by atoms with Gasteiger partial charge in [0, 0.05) is 12.8 Å². The summed E-state index contributed by atoms with van der Waals surface area (Å²) in [5, 5.41) is 16.9. The van der Waals surface area contributed by atoms with Gasteiger partial charge in [-0.05, 0) is 18.8 Å². The quantitative estimate of drug-likeness (QED) is 0.566. The summed E-state index contributed by atoms with van der Waals surface area (Å²) in [4.78, 5) is 20.5. The third-order valence-electron chi connectivity index (χ3n) is 2.68. The predicted molar refractivity (Wildman–Crippen MR) is 61.4 cm³/mol. The summed E-state index contributed by atoms with van der Waals surface area (Å²) >= 11 is 0. The van der Waals surface area contributed by atoms with E-state index < -0.39 is 11.9 Å². The summed E-state index contributed by atoms with van der Waals surface area (Å²) in [6, 6.07) is 0. The molecule has 0 aromatic carbocycles. The molecule has 94 valence electrons. The van der Waals surface area contributed by atoms with Crippen LogP contribution in [0.5, 0.6) is 0 Å². The van der Waals surface area contributed by atoms with Gasteiger partial charge < -0.3 is 10.2 Å². The second-order valence-electron chi connectivity index (χ2n) is 4.38. The molecule has 0 heterocycles. The molecule has 2 N–H and O–H groups in total. The Hall–Kier alpha value is -1.06. The minimum atomic E-state index is -0.728. The molecule has 0 radical (unpaired) electrons. The Morgan fingerprint density at radius 3 is 1.56 bits per heavy atom. The average Bonchev–Trinajstić information content (AvgIpc) is 2.19. The molecule has 0 aromatic rings. The molecule has 0 bridgehead atoms. The molecule has 0 saturated heterocycles. The maximum atomic E-state index is 10.3. The Morgan fingerprint density at radius 1 is 0.875 bits per heavy atom. The van der Waals surface area contributed by atoms with Crippen LogP contribution < -0.4 is 0 Å². The van der Waals surface area contributed by atoms with Crippen molar-refractivity contribution in [2.24, 2.45) is 5.92 Å². The molecule has 0 unspecified atom stereocenters. The molecule has 4 heteroatoms. The number of rotatable bonds is 10. The van der Waals surface area contributed by atoms with E-state index in [1.165, 1.54) is 0 Å². The second kappa shape index (κ2) is 9.19. The fourth-order valence-electron chi connectivity index (χ4n) is 1.68. The number of carboxylic acid groups (broad SMARTS) is 2. The molecule has 0 atom stereocenters. The molecule has 0 spiro atoms.